The van der Waals surface area contributed by atoms with Crippen LogP contribution in [0.15, 0.2) is 42.5 Å². The van der Waals surface area contributed by atoms with E-state index in [0.717, 1.165) is 35.6 Å². The molecule has 1 aliphatic rings. The number of nitrogens with one attached hydrogen (secondary N) is 1. The smallest absolute Gasteiger partial charge is 0.317 e. The minimum atomic E-state index is -0.0550. The van der Waals surface area contributed by atoms with Crippen molar-refractivity contribution in [3.05, 3.63) is 59.2 Å². The van der Waals surface area contributed by atoms with Crippen LogP contribution in [-0.4, -0.2) is 56.2 Å². The third-order valence-electron chi connectivity index (χ3n) is 4.99. The molecule has 6 heteroatoms. The lowest BCUT2D eigenvalue weighted by Gasteiger charge is -2.29. The Kier molecular flexibility index (Phi) is 7.36. The Balaban J connectivity index is 1.57. The van der Waals surface area contributed by atoms with Gasteiger partial charge in [0, 0.05) is 31.7 Å². The average molecular weight is 398 g/mol. The van der Waals surface area contributed by atoms with Gasteiger partial charge in [-0.3, -0.25) is 0 Å². The Morgan fingerprint density at radius 3 is 2.76 bits per heavy atom. The molecule has 0 saturated carbocycles. The van der Waals surface area contributed by atoms with Crippen molar-refractivity contribution in [2.24, 2.45) is 0 Å². The summed E-state index contributed by atoms with van der Waals surface area (Å²) in [7, 11) is 4.03. The van der Waals surface area contributed by atoms with Crippen LogP contribution in [0, 0.1) is 0 Å². The summed E-state index contributed by atoms with van der Waals surface area (Å²) in [6, 6.07) is 14.0. The topological polar surface area (TPSA) is 54.0 Å². The molecule has 0 fully saturated rings. The van der Waals surface area contributed by atoms with Gasteiger partial charge in [0.05, 0.1) is 6.61 Å². The fraction of sp³-hybridized carbons (Fsp3) is 0.435. The molecule has 0 bridgehead atoms. The molecule has 2 amide bonds. The molecule has 1 heterocycles. The summed E-state index contributed by atoms with van der Waals surface area (Å²) in [5.74, 6) is 1.68. The van der Waals surface area contributed by atoms with Crippen molar-refractivity contribution in [2.75, 3.05) is 40.4 Å². The van der Waals surface area contributed by atoms with Crippen molar-refractivity contribution in [3.63, 3.8) is 0 Å². The number of carbonyl (C=O) groups excluding carboxylic acids is 1. The second kappa shape index (κ2) is 10.2. The first-order valence-electron chi connectivity index (χ1n) is 10.2. The van der Waals surface area contributed by atoms with E-state index in [1.165, 1.54) is 5.56 Å². The van der Waals surface area contributed by atoms with Crippen molar-refractivity contribution in [1.29, 1.82) is 0 Å². The van der Waals surface area contributed by atoms with Crippen LogP contribution < -0.4 is 14.8 Å². The van der Waals surface area contributed by atoms with Gasteiger partial charge < -0.3 is 24.6 Å². The van der Waals surface area contributed by atoms with E-state index in [4.69, 9.17) is 9.47 Å². The zero-order valence-corrected chi connectivity index (χ0v) is 17.6. The fourth-order valence-electron chi connectivity index (χ4n) is 3.37. The summed E-state index contributed by atoms with van der Waals surface area (Å²) in [4.78, 5) is 16.7. The number of fused-ring (bicyclic) bond motifs is 1. The molecule has 0 aromatic heterocycles. The molecule has 0 saturated heterocycles. The fourth-order valence-corrected chi connectivity index (χ4v) is 3.37. The summed E-state index contributed by atoms with van der Waals surface area (Å²) in [6.07, 6.45) is 0.861. The molecule has 3 rings (SSSR count). The van der Waals surface area contributed by atoms with E-state index in [-0.39, 0.29) is 6.03 Å². The largest absolute Gasteiger partial charge is 0.494 e. The Morgan fingerprint density at radius 1 is 1.14 bits per heavy atom. The Morgan fingerprint density at radius 2 is 1.97 bits per heavy atom. The van der Waals surface area contributed by atoms with Crippen molar-refractivity contribution in [1.82, 2.24) is 15.1 Å². The van der Waals surface area contributed by atoms with Gasteiger partial charge in [-0.1, -0.05) is 24.3 Å². The lowest BCUT2D eigenvalue weighted by atomic mass is 10.00. The number of amides is 2. The normalized spacial score (nSPS) is 13.2. The molecule has 0 spiro atoms. The van der Waals surface area contributed by atoms with Crippen LogP contribution in [0.25, 0.3) is 0 Å². The molecule has 1 aliphatic heterocycles. The monoisotopic (exact) mass is 397 g/mol. The summed E-state index contributed by atoms with van der Waals surface area (Å²) in [6.45, 7) is 5.83. The predicted octanol–water partition coefficient (Wildman–Crippen LogP) is 3.29. The number of ether oxygens (including phenoxy) is 2. The van der Waals surface area contributed by atoms with Crippen LogP contribution in [0.3, 0.4) is 0 Å². The highest BCUT2D eigenvalue weighted by Gasteiger charge is 2.21. The number of rotatable bonds is 8. The standard InChI is InChI=1S/C23H31N3O3/c1-4-28-21-10-9-18-11-12-26(17-20(18)15-21)23(27)24-16-19-7-5-6-8-22(19)29-14-13-25(2)3/h5-10,15H,4,11-14,16-17H2,1-3H3,(H,24,27). The van der Waals surface area contributed by atoms with E-state index in [1.54, 1.807) is 0 Å². The van der Waals surface area contributed by atoms with Gasteiger partial charge >= 0.3 is 6.03 Å². The van der Waals surface area contributed by atoms with Gasteiger partial charge in [0.2, 0.25) is 0 Å². The van der Waals surface area contributed by atoms with Gasteiger partial charge in [0.25, 0.3) is 0 Å². The molecule has 0 radical (unpaired) electrons. The van der Waals surface area contributed by atoms with Crippen LogP contribution in [0.2, 0.25) is 0 Å². The highest BCUT2D eigenvalue weighted by molar-refractivity contribution is 5.74. The first-order valence-corrected chi connectivity index (χ1v) is 10.2. The van der Waals surface area contributed by atoms with Crippen molar-refractivity contribution in [3.8, 4) is 11.5 Å². The number of likely N-dealkylation sites (N-methyl/N-ethyl adjacent to an activating group) is 1. The van der Waals surface area contributed by atoms with Crippen LogP contribution in [0.5, 0.6) is 11.5 Å². The van der Waals surface area contributed by atoms with Crippen molar-refractivity contribution < 1.29 is 14.3 Å². The first kappa shape index (κ1) is 21.0. The zero-order valence-electron chi connectivity index (χ0n) is 17.6. The summed E-state index contributed by atoms with van der Waals surface area (Å²) in [5, 5.41) is 3.04. The molecule has 29 heavy (non-hydrogen) atoms. The lowest BCUT2D eigenvalue weighted by molar-refractivity contribution is 0.191. The SMILES string of the molecule is CCOc1ccc2c(c1)CN(C(=O)NCc1ccccc1OCCN(C)C)CC2. The van der Waals surface area contributed by atoms with E-state index in [1.807, 2.05) is 62.3 Å². The lowest BCUT2D eigenvalue weighted by Crippen LogP contribution is -2.42. The maximum absolute atomic E-state index is 12.7. The van der Waals surface area contributed by atoms with Crippen molar-refractivity contribution >= 4 is 6.03 Å². The van der Waals surface area contributed by atoms with E-state index in [2.05, 4.69) is 16.3 Å². The quantitative estimate of drug-likeness (QED) is 0.743. The molecular weight excluding hydrogens is 366 g/mol. The van der Waals surface area contributed by atoms with Crippen LogP contribution in [-0.2, 0) is 19.5 Å². The predicted molar refractivity (Wildman–Crippen MR) is 114 cm³/mol. The number of hydrogen-bond donors (Lipinski definition) is 1. The Labute approximate surface area is 173 Å². The molecule has 0 unspecified atom stereocenters. The van der Waals surface area contributed by atoms with E-state index < -0.39 is 0 Å². The number of nitrogens with zero attached hydrogens (tertiary/aromatic N) is 2. The number of benzene rings is 2. The second-order valence-electron chi connectivity index (χ2n) is 7.45. The molecule has 0 aliphatic carbocycles. The number of para-hydroxylation sites is 1. The molecule has 6 nitrogen and oxygen atoms in total. The van der Waals surface area contributed by atoms with Gasteiger partial charge in [-0.05, 0) is 56.8 Å². The van der Waals surface area contributed by atoms with E-state index in [9.17, 15) is 4.79 Å². The van der Waals surface area contributed by atoms with Gasteiger partial charge in [0.15, 0.2) is 0 Å². The highest BCUT2D eigenvalue weighted by Crippen LogP contribution is 2.24. The minimum Gasteiger partial charge on any atom is -0.494 e. The van der Waals surface area contributed by atoms with Crippen LogP contribution in [0.1, 0.15) is 23.6 Å². The van der Waals surface area contributed by atoms with Crippen LogP contribution in [0.4, 0.5) is 4.79 Å². The summed E-state index contributed by atoms with van der Waals surface area (Å²) < 4.78 is 11.5. The third-order valence-corrected chi connectivity index (χ3v) is 4.99. The Hall–Kier alpha value is -2.73. The molecule has 156 valence electrons. The summed E-state index contributed by atoms with van der Waals surface area (Å²) >= 11 is 0. The van der Waals surface area contributed by atoms with E-state index >= 15 is 0 Å². The molecule has 0 atom stereocenters. The number of hydrogen-bond acceptors (Lipinski definition) is 4. The zero-order chi connectivity index (χ0) is 20.6. The van der Waals surface area contributed by atoms with E-state index in [0.29, 0.717) is 32.8 Å². The Bertz CT molecular complexity index is 823. The van der Waals surface area contributed by atoms with Gasteiger partial charge in [0.1, 0.15) is 18.1 Å². The maximum atomic E-state index is 12.7. The number of carbonyl (C=O) groups is 1. The molecule has 2 aromatic rings. The molecule has 1 N–H and O–H groups in total. The van der Waals surface area contributed by atoms with Crippen LogP contribution >= 0.6 is 0 Å². The second-order valence-corrected chi connectivity index (χ2v) is 7.45. The highest BCUT2D eigenvalue weighted by atomic mass is 16.5. The van der Waals surface area contributed by atoms with Gasteiger partial charge in [-0.25, -0.2) is 4.79 Å². The molecular formula is C23H31N3O3. The van der Waals surface area contributed by atoms with Crippen molar-refractivity contribution in [2.45, 2.75) is 26.4 Å². The number of urea groups is 1. The average Bonchev–Trinajstić information content (AvgIpc) is 2.72. The van der Waals surface area contributed by atoms with Gasteiger partial charge in [-0.15, -0.1) is 0 Å². The first-order chi connectivity index (χ1) is 14.1. The maximum Gasteiger partial charge on any atom is 0.317 e. The van der Waals surface area contributed by atoms with Gasteiger partial charge in [-0.2, -0.15) is 0 Å². The summed E-state index contributed by atoms with van der Waals surface area (Å²) in [5.41, 5.74) is 3.43. The molecule has 2 aromatic carbocycles. The minimum absolute atomic E-state index is 0.0550. The third kappa shape index (κ3) is 5.87.